The average molecular weight is 1360 g/mol. The van der Waals surface area contributed by atoms with E-state index < -0.39 is 97.5 Å². The molecule has 548 valence electrons. The maximum absolute atomic E-state index is 13.1. The summed E-state index contributed by atoms with van der Waals surface area (Å²) >= 11 is 0. The molecule has 0 radical (unpaired) electrons. The Kier molecular flexibility index (Phi) is 62.5. The number of carbonyl (C=O) groups is 4. The van der Waals surface area contributed by atoms with Crippen LogP contribution in [0.5, 0.6) is 0 Å². The fourth-order valence-electron chi connectivity index (χ4n) is 10.7. The first kappa shape index (κ1) is 90.5. The third-order valence-electron chi connectivity index (χ3n) is 16.5. The van der Waals surface area contributed by atoms with Gasteiger partial charge in [-0.3, -0.25) is 37.3 Å². The number of phosphoric ester groups is 2. The first-order valence-corrected chi connectivity index (χ1v) is 40.7. The second-order valence-corrected chi connectivity index (χ2v) is 30.3. The fourth-order valence-corrected chi connectivity index (χ4v) is 12.3. The molecule has 17 nitrogen and oxygen atoms in total. The van der Waals surface area contributed by atoms with Gasteiger partial charge in [-0.1, -0.05) is 297 Å². The number of allylic oxidation sites excluding steroid dienone is 4. The Bertz CT molecular complexity index is 1910. The minimum atomic E-state index is -4.96. The first-order valence-electron chi connectivity index (χ1n) is 37.7. The van der Waals surface area contributed by atoms with Gasteiger partial charge in [0.25, 0.3) is 0 Å². The number of phosphoric acid groups is 2. The summed E-state index contributed by atoms with van der Waals surface area (Å²) in [7, 11) is -9.92. The van der Waals surface area contributed by atoms with Crippen LogP contribution in [-0.4, -0.2) is 96.7 Å². The lowest BCUT2D eigenvalue weighted by Gasteiger charge is -2.21. The molecule has 0 amide bonds. The second-order valence-electron chi connectivity index (χ2n) is 27.4. The van der Waals surface area contributed by atoms with Crippen LogP contribution in [0.1, 0.15) is 350 Å². The van der Waals surface area contributed by atoms with Gasteiger partial charge in [0.15, 0.2) is 12.2 Å². The van der Waals surface area contributed by atoms with Crippen molar-refractivity contribution >= 4 is 39.5 Å². The van der Waals surface area contributed by atoms with E-state index in [-0.39, 0.29) is 25.7 Å². The van der Waals surface area contributed by atoms with E-state index in [2.05, 4.69) is 72.8 Å². The lowest BCUT2D eigenvalue weighted by molar-refractivity contribution is -0.161. The average Bonchev–Trinajstić information content (AvgIpc) is 1.58. The molecule has 0 rings (SSSR count). The Labute approximate surface area is 567 Å². The SMILES string of the molecule is CCCCCC/C=C\C=C/CCCCCCCC(=O)O[C@H](COC(=O)CCCCCCCCCCCCCCCC(C)C)COP(=O)(O)OCC(O)COP(=O)(O)OC[C@@H](COC(=O)CCCCCCCCCC(C)C)OC(=O)CCCCCCCCCCCC(C)C. The van der Waals surface area contributed by atoms with Gasteiger partial charge in [-0.15, -0.1) is 0 Å². The number of hydrogen-bond acceptors (Lipinski definition) is 15. The van der Waals surface area contributed by atoms with Gasteiger partial charge in [0, 0.05) is 25.7 Å². The highest BCUT2D eigenvalue weighted by Crippen LogP contribution is 2.45. The van der Waals surface area contributed by atoms with Gasteiger partial charge in [0.05, 0.1) is 26.4 Å². The largest absolute Gasteiger partial charge is 0.472 e. The molecule has 0 saturated heterocycles. The standard InChI is InChI=1S/C74H140O17P2/c1-8-9-10-11-12-13-14-15-16-19-23-28-35-43-50-57-73(78)90-69(61-84-71(76)55-48-41-34-27-22-20-17-18-21-25-31-38-45-52-65(2)3)63-88-92(80,81)86-59-68(75)60-87-93(82,83)89-64-70(62-85-72(77)56-49-42-37-30-33-40-47-54-67(6)7)91-74(79)58-51-44-36-29-24-26-32-39-46-53-66(4)5/h13-16,65-70,75H,8-12,17-64H2,1-7H3,(H,80,81)(H,82,83)/b14-13-,16-15-/t68?,69-,70-/m1/s1. The van der Waals surface area contributed by atoms with Gasteiger partial charge in [-0.2, -0.15) is 0 Å². The van der Waals surface area contributed by atoms with Crippen molar-refractivity contribution in [3.63, 3.8) is 0 Å². The number of rotatable bonds is 70. The maximum Gasteiger partial charge on any atom is 0.472 e. The number of aliphatic hydroxyl groups is 1. The predicted octanol–water partition coefficient (Wildman–Crippen LogP) is 21.0. The van der Waals surface area contributed by atoms with Crippen LogP contribution >= 0.6 is 15.6 Å². The van der Waals surface area contributed by atoms with E-state index in [1.807, 2.05) is 0 Å². The van der Waals surface area contributed by atoms with Crippen molar-refractivity contribution in [1.82, 2.24) is 0 Å². The molecule has 3 N–H and O–H groups in total. The van der Waals surface area contributed by atoms with Gasteiger partial charge >= 0.3 is 39.5 Å². The minimum absolute atomic E-state index is 0.0847. The summed E-state index contributed by atoms with van der Waals surface area (Å²) in [6.45, 7) is 11.7. The molecule has 0 aromatic heterocycles. The summed E-state index contributed by atoms with van der Waals surface area (Å²) in [5, 5.41) is 10.6. The molecule has 19 heteroatoms. The summed E-state index contributed by atoms with van der Waals surface area (Å²) in [6.07, 6.45) is 52.2. The highest BCUT2D eigenvalue weighted by atomic mass is 31.2. The van der Waals surface area contributed by atoms with Crippen molar-refractivity contribution in [3.8, 4) is 0 Å². The molecule has 5 atom stereocenters. The summed E-state index contributed by atoms with van der Waals surface area (Å²) < 4.78 is 68.4. The molecule has 0 saturated carbocycles. The van der Waals surface area contributed by atoms with Crippen LogP contribution in [0, 0.1) is 17.8 Å². The van der Waals surface area contributed by atoms with Crippen LogP contribution in [0.2, 0.25) is 0 Å². The second kappa shape index (κ2) is 64.2. The summed E-state index contributed by atoms with van der Waals surface area (Å²) in [5.41, 5.74) is 0. The lowest BCUT2D eigenvalue weighted by atomic mass is 10.0. The fraction of sp³-hybridized carbons (Fsp3) is 0.892. The van der Waals surface area contributed by atoms with Gasteiger partial charge in [0.2, 0.25) is 0 Å². The smallest absolute Gasteiger partial charge is 0.462 e. The third-order valence-corrected chi connectivity index (χ3v) is 18.4. The summed E-state index contributed by atoms with van der Waals surface area (Å²) in [6, 6.07) is 0. The number of carbonyl (C=O) groups excluding carboxylic acids is 4. The number of hydrogen-bond donors (Lipinski definition) is 3. The molecular formula is C74H140O17P2. The van der Waals surface area contributed by atoms with Gasteiger partial charge in [-0.05, 0) is 69.1 Å². The maximum atomic E-state index is 13.1. The van der Waals surface area contributed by atoms with Crippen LogP contribution in [0.15, 0.2) is 24.3 Å². The van der Waals surface area contributed by atoms with Crippen LogP contribution < -0.4 is 0 Å². The van der Waals surface area contributed by atoms with Crippen LogP contribution in [0.3, 0.4) is 0 Å². The zero-order chi connectivity index (χ0) is 68.7. The topological polar surface area (TPSA) is 237 Å². The van der Waals surface area contributed by atoms with Gasteiger partial charge in [-0.25, -0.2) is 9.13 Å². The van der Waals surface area contributed by atoms with Crippen molar-refractivity contribution in [3.05, 3.63) is 24.3 Å². The van der Waals surface area contributed by atoms with E-state index in [0.29, 0.717) is 31.6 Å². The Morgan fingerprint density at radius 1 is 0.333 bits per heavy atom. The van der Waals surface area contributed by atoms with Gasteiger partial charge < -0.3 is 33.8 Å². The zero-order valence-corrected chi connectivity index (χ0v) is 62.0. The molecule has 0 aliphatic rings. The van der Waals surface area contributed by atoms with Crippen LogP contribution in [0.4, 0.5) is 0 Å². The van der Waals surface area contributed by atoms with Crippen molar-refractivity contribution < 1.29 is 80.2 Å². The molecule has 93 heavy (non-hydrogen) atoms. The van der Waals surface area contributed by atoms with E-state index in [0.717, 1.165) is 121 Å². The highest BCUT2D eigenvalue weighted by Gasteiger charge is 2.30. The van der Waals surface area contributed by atoms with E-state index in [9.17, 15) is 43.2 Å². The monoisotopic (exact) mass is 1360 g/mol. The number of aliphatic hydroxyl groups excluding tert-OH is 1. The molecule has 3 unspecified atom stereocenters. The van der Waals surface area contributed by atoms with E-state index >= 15 is 0 Å². The zero-order valence-electron chi connectivity index (χ0n) is 60.2. The highest BCUT2D eigenvalue weighted by molar-refractivity contribution is 7.47. The number of unbranched alkanes of at least 4 members (excludes halogenated alkanes) is 35. The van der Waals surface area contributed by atoms with Crippen LogP contribution in [0.25, 0.3) is 0 Å². The molecule has 0 heterocycles. The van der Waals surface area contributed by atoms with Crippen LogP contribution in [-0.2, 0) is 65.4 Å². The summed E-state index contributed by atoms with van der Waals surface area (Å²) in [5.74, 6) is 0.0744. The number of ether oxygens (including phenoxy) is 4. The van der Waals surface area contributed by atoms with Crippen molar-refractivity contribution in [1.29, 1.82) is 0 Å². The Hall–Kier alpha value is -2.46. The van der Waals surface area contributed by atoms with Crippen molar-refractivity contribution in [2.24, 2.45) is 17.8 Å². The Balaban J connectivity index is 5.29. The normalized spacial score (nSPS) is 14.3. The van der Waals surface area contributed by atoms with Gasteiger partial charge in [0.1, 0.15) is 19.3 Å². The molecule has 0 spiro atoms. The van der Waals surface area contributed by atoms with E-state index in [4.69, 9.17) is 37.0 Å². The third kappa shape index (κ3) is 67.9. The molecule has 0 fully saturated rings. The Morgan fingerprint density at radius 2 is 0.581 bits per heavy atom. The van der Waals surface area contributed by atoms with E-state index in [1.165, 1.54) is 141 Å². The molecule has 0 bridgehead atoms. The van der Waals surface area contributed by atoms with Crippen molar-refractivity contribution in [2.45, 2.75) is 369 Å². The number of esters is 4. The first-order chi connectivity index (χ1) is 44.7. The summed E-state index contributed by atoms with van der Waals surface area (Å²) in [4.78, 5) is 72.7. The predicted molar refractivity (Wildman–Crippen MR) is 377 cm³/mol. The minimum Gasteiger partial charge on any atom is -0.462 e. The quantitative estimate of drug-likeness (QED) is 0.0169. The molecule has 0 aliphatic heterocycles. The molecule has 0 aromatic rings. The molecular weight excluding hydrogens is 1220 g/mol. The van der Waals surface area contributed by atoms with E-state index in [1.54, 1.807) is 0 Å². The van der Waals surface area contributed by atoms with Crippen molar-refractivity contribution in [2.75, 3.05) is 39.6 Å². The lowest BCUT2D eigenvalue weighted by Crippen LogP contribution is -2.30. The molecule has 0 aromatic carbocycles. The molecule has 0 aliphatic carbocycles. The Morgan fingerprint density at radius 3 is 0.871 bits per heavy atom.